The number of ether oxygens (including phenoxy) is 1. The summed E-state index contributed by atoms with van der Waals surface area (Å²) in [5.74, 6) is 0.846. The number of benzene rings is 2. The highest BCUT2D eigenvalue weighted by Gasteiger charge is 2.29. The van der Waals surface area contributed by atoms with E-state index < -0.39 is 0 Å². The van der Waals surface area contributed by atoms with Crippen molar-refractivity contribution in [3.8, 4) is 11.8 Å². The monoisotopic (exact) mass is 377 g/mol. The number of rotatable bonds is 3. The molecule has 0 spiro atoms. The molecule has 0 atom stereocenters. The molecule has 0 saturated carbocycles. The summed E-state index contributed by atoms with van der Waals surface area (Å²) in [6.45, 7) is 2.10. The number of anilines is 1. The molecule has 1 aliphatic heterocycles. The highest BCUT2D eigenvalue weighted by atomic mass is 32.1. The quantitative estimate of drug-likeness (QED) is 0.695. The van der Waals surface area contributed by atoms with Gasteiger partial charge >= 0.3 is 0 Å². The number of hydrogen-bond acceptors (Lipinski definition) is 5. The summed E-state index contributed by atoms with van der Waals surface area (Å²) in [5, 5.41) is 10.0. The van der Waals surface area contributed by atoms with Crippen LogP contribution in [-0.2, 0) is 6.54 Å². The van der Waals surface area contributed by atoms with Crippen molar-refractivity contribution in [3.05, 3.63) is 58.5 Å². The molecule has 1 aromatic heterocycles. The second-order valence-corrected chi connectivity index (χ2v) is 7.65. The number of likely N-dealkylation sites (N-methyl/N-ethyl adjacent to an activating group) is 1. The number of methoxy groups -OCH3 is 1. The molecule has 1 amide bonds. The molecule has 6 heteroatoms. The summed E-state index contributed by atoms with van der Waals surface area (Å²) >= 11 is 1.53. The van der Waals surface area contributed by atoms with Crippen LogP contribution in [0.1, 0.15) is 20.8 Å². The number of hydrogen-bond donors (Lipinski definition) is 0. The van der Waals surface area contributed by atoms with Crippen LogP contribution in [0.15, 0.2) is 42.5 Å². The smallest absolute Gasteiger partial charge is 0.265 e. The van der Waals surface area contributed by atoms with E-state index in [4.69, 9.17) is 10.00 Å². The molecule has 0 radical (unpaired) electrons. The molecule has 0 fully saturated rings. The lowest BCUT2D eigenvalue weighted by molar-refractivity contribution is 0.0809. The predicted octanol–water partition coefficient (Wildman–Crippen LogP) is 3.87. The van der Waals surface area contributed by atoms with Gasteiger partial charge in [-0.25, -0.2) is 0 Å². The van der Waals surface area contributed by atoms with Crippen molar-refractivity contribution in [1.29, 1.82) is 5.26 Å². The number of amides is 1. The number of carbonyl (C=O) groups is 1. The average molecular weight is 377 g/mol. The number of carbonyl (C=O) groups excluding carboxylic acids is 1. The molecule has 27 heavy (non-hydrogen) atoms. The van der Waals surface area contributed by atoms with Crippen LogP contribution < -0.4 is 9.64 Å². The SMILES string of the molecule is COc1ccc2sc3c(c2c1)N(Cc1ccc(C#N)cc1)CCN(C)C3=O. The third-order valence-corrected chi connectivity index (χ3v) is 6.04. The lowest BCUT2D eigenvalue weighted by Crippen LogP contribution is -2.31. The fraction of sp³-hybridized carbons (Fsp3) is 0.238. The van der Waals surface area contributed by atoms with Gasteiger partial charge in [0.05, 0.1) is 24.4 Å². The predicted molar refractivity (Wildman–Crippen MR) is 108 cm³/mol. The summed E-state index contributed by atoms with van der Waals surface area (Å²) in [6, 6.07) is 15.7. The molecule has 0 bridgehead atoms. The summed E-state index contributed by atoms with van der Waals surface area (Å²) in [7, 11) is 3.50. The molecule has 3 aromatic rings. The fourth-order valence-electron chi connectivity index (χ4n) is 3.37. The topological polar surface area (TPSA) is 56.6 Å². The van der Waals surface area contributed by atoms with Gasteiger partial charge in [0.2, 0.25) is 0 Å². The van der Waals surface area contributed by atoms with Gasteiger partial charge in [0.25, 0.3) is 5.91 Å². The largest absolute Gasteiger partial charge is 0.497 e. The van der Waals surface area contributed by atoms with Gasteiger partial charge in [-0.05, 0) is 35.9 Å². The summed E-state index contributed by atoms with van der Waals surface area (Å²) in [6.07, 6.45) is 0. The third kappa shape index (κ3) is 3.11. The summed E-state index contributed by atoms with van der Waals surface area (Å²) in [5.41, 5.74) is 2.74. The first-order valence-electron chi connectivity index (χ1n) is 8.70. The molecule has 0 saturated heterocycles. The number of nitrogens with zero attached hydrogens (tertiary/aromatic N) is 3. The van der Waals surface area contributed by atoms with Gasteiger partial charge in [-0.2, -0.15) is 5.26 Å². The van der Waals surface area contributed by atoms with Crippen LogP contribution in [0.4, 0.5) is 5.69 Å². The van der Waals surface area contributed by atoms with Crippen molar-refractivity contribution < 1.29 is 9.53 Å². The molecule has 4 rings (SSSR count). The lowest BCUT2D eigenvalue weighted by Gasteiger charge is -2.24. The number of thiophene rings is 1. The highest BCUT2D eigenvalue weighted by Crippen LogP contribution is 2.42. The standard InChI is InChI=1S/C21H19N3O2S/c1-23-9-10-24(13-15-5-3-14(12-22)4-6-15)19-17-11-16(26-2)7-8-18(17)27-20(19)21(23)25/h3-8,11H,9-10,13H2,1-2H3. The summed E-state index contributed by atoms with van der Waals surface area (Å²) in [4.78, 5) is 17.7. The molecule has 0 unspecified atom stereocenters. The van der Waals surface area contributed by atoms with Gasteiger partial charge in [-0.1, -0.05) is 12.1 Å². The second-order valence-electron chi connectivity index (χ2n) is 6.60. The van der Waals surface area contributed by atoms with Gasteiger partial charge in [-0.3, -0.25) is 4.79 Å². The zero-order valence-corrected chi connectivity index (χ0v) is 16.0. The van der Waals surface area contributed by atoms with Crippen molar-refractivity contribution in [1.82, 2.24) is 4.90 Å². The number of nitriles is 1. The van der Waals surface area contributed by atoms with Crippen molar-refractivity contribution >= 4 is 33.0 Å². The van der Waals surface area contributed by atoms with E-state index in [1.807, 2.05) is 49.5 Å². The van der Waals surface area contributed by atoms with Crippen LogP contribution in [0, 0.1) is 11.3 Å². The zero-order chi connectivity index (χ0) is 19.0. The Balaban J connectivity index is 1.82. The van der Waals surface area contributed by atoms with E-state index in [2.05, 4.69) is 11.0 Å². The van der Waals surface area contributed by atoms with E-state index in [1.54, 1.807) is 12.0 Å². The van der Waals surface area contributed by atoms with E-state index in [-0.39, 0.29) is 5.91 Å². The second kappa shape index (κ2) is 6.93. The Kier molecular flexibility index (Phi) is 4.46. The minimum Gasteiger partial charge on any atom is -0.497 e. The average Bonchev–Trinajstić information content (AvgIpc) is 3.04. The first-order valence-corrected chi connectivity index (χ1v) is 9.52. The Hall–Kier alpha value is -3.04. The molecule has 1 aliphatic rings. The Labute approximate surface area is 162 Å². The first-order chi connectivity index (χ1) is 13.1. The van der Waals surface area contributed by atoms with E-state index in [0.29, 0.717) is 18.7 Å². The zero-order valence-electron chi connectivity index (χ0n) is 15.2. The third-order valence-electron chi connectivity index (χ3n) is 4.89. The van der Waals surface area contributed by atoms with Crippen LogP contribution in [0.3, 0.4) is 0 Å². The number of fused-ring (bicyclic) bond motifs is 3. The molecule has 2 heterocycles. The van der Waals surface area contributed by atoms with Crippen LogP contribution >= 0.6 is 11.3 Å². The maximum atomic E-state index is 12.9. The fourth-order valence-corrected chi connectivity index (χ4v) is 4.57. The highest BCUT2D eigenvalue weighted by molar-refractivity contribution is 7.21. The molecule has 0 aliphatic carbocycles. The van der Waals surface area contributed by atoms with Crippen molar-refractivity contribution in [3.63, 3.8) is 0 Å². The summed E-state index contributed by atoms with van der Waals surface area (Å²) < 4.78 is 6.48. The van der Waals surface area contributed by atoms with E-state index in [0.717, 1.165) is 38.5 Å². The normalized spacial score (nSPS) is 14.0. The van der Waals surface area contributed by atoms with Crippen molar-refractivity contribution in [2.75, 3.05) is 32.1 Å². The Morgan fingerprint density at radius 1 is 1.19 bits per heavy atom. The minimum absolute atomic E-state index is 0.0625. The van der Waals surface area contributed by atoms with Crippen LogP contribution in [-0.4, -0.2) is 38.1 Å². The molecular weight excluding hydrogens is 358 g/mol. The van der Waals surface area contributed by atoms with Gasteiger partial charge in [0.15, 0.2) is 0 Å². The van der Waals surface area contributed by atoms with Crippen LogP contribution in [0.5, 0.6) is 5.75 Å². The van der Waals surface area contributed by atoms with E-state index in [1.165, 1.54) is 11.3 Å². The first kappa shape index (κ1) is 17.4. The molecular formula is C21H19N3O2S. The van der Waals surface area contributed by atoms with Gasteiger partial charge in [-0.15, -0.1) is 11.3 Å². The van der Waals surface area contributed by atoms with E-state index in [9.17, 15) is 4.79 Å². The molecule has 0 N–H and O–H groups in total. The Morgan fingerprint density at radius 2 is 1.96 bits per heavy atom. The van der Waals surface area contributed by atoms with Gasteiger partial charge < -0.3 is 14.5 Å². The van der Waals surface area contributed by atoms with Gasteiger partial charge in [0, 0.05) is 36.8 Å². The van der Waals surface area contributed by atoms with Crippen LogP contribution in [0.25, 0.3) is 10.1 Å². The molecule has 2 aromatic carbocycles. The van der Waals surface area contributed by atoms with Crippen LogP contribution in [0.2, 0.25) is 0 Å². The van der Waals surface area contributed by atoms with E-state index >= 15 is 0 Å². The van der Waals surface area contributed by atoms with Crippen molar-refractivity contribution in [2.24, 2.45) is 0 Å². The Morgan fingerprint density at radius 3 is 2.67 bits per heavy atom. The molecule has 136 valence electrons. The van der Waals surface area contributed by atoms with Crippen molar-refractivity contribution in [2.45, 2.75) is 6.54 Å². The van der Waals surface area contributed by atoms with Gasteiger partial charge in [0.1, 0.15) is 10.6 Å². The lowest BCUT2D eigenvalue weighted by atomic mass is 10.1. The maximum Gasteiger partial charge on any atom is 0.265 e. The Bertz CT molecular complexity index is 1050. The maximum absolute atomic E-state index is 12.9. The molecule has 5 nitrogen and oxygen atoms in total. The minimum atomic E-state index is 0.0625.